The van der Waals surface area contributed by atoms with Crippen LogP contribution >= 0.6 is 0 Å². The molecule has 13 heavy (non-hydrogen) atoms. The van der Waals surface area contributed by atoms with Crippen molar-refractivity contribution in [3.63, 3.8) is 0 Å². The van der Waals surface area contributed by atoms with Gasteiger partial charge in [0.05, 0.1) is 0 Å². The predicted octanol–water partition coefficient (Wildman–Crippen LogP) is 2.53. The zero-order valence-electron chi connectivity index (χ0n) is 6.99. The molecule has 0 unspecified atom stereocenters. The van der Waals surface area contributed by atoms with Crippen molar-refractivity contribution in [1.29, 1.82) is 0 Å². The van der Waals surface area contributed by atoms with Crippen molar-refractivity contribution in [2.45, 2.75) is 38.0 Å². The van der Waals surface area contributed by atoms with E-state index in [-0.39, 0.29) is 6.42 Å². The van der Waals surface area contributed by atoms with Gasteiger partial charge in [0.15, 0.2) is 0 Å². The van der Waals surface area contributed by atoms with Gasteiger partial charge in [-0.15, -0.1) is 0 Å². The molecule has 0 aromatic rings. The van der Waals surface area contributed by atoms with E-state index in [2.05, 4.69) is 0 Å². The number of aliphatic carboxylic acids is 1. The first-order valence-corrected chi connectivity index (χ1v) is 3.74. The van der Waals surface area contributed by atoms with Gasteiger partial charge in [0.25, 0.3) is 0 Å². The predicted molar refractivity (Wildman–Crippen MR) is 37.1 cm³/mol. The number of rotatable bonds is 4. The third-order valence-electron chi connectivity index (χ3n) is 1.66. The third-order valence-corrected chi connectivity index (χ3v) is 1.66. The van der Waals surface area contributed by atoms with E-state index in [9.17, 15) is 22.4 Å². The number of halogens is 4. The molecule has 6 heteroatoms. The lowest BCUT2D eigenvalue weighted by Gasteiger charge is -2.22. The van der Waals surface area contributed by atoms with Crippen molar-refractivity contribution in [2.24, 2.45) is 0 Å². The summed E-state index contributed by atoms with van der Waals surface area (Å²) in [6.45, 7) is 1.55. The van der Waals surface area contributed by atoms with Crippen LogP contribution in [0.4, 0.5) is 17.6 Å². The first-order chi connectivity index (χ1) is 5.75. The summed E-state index contributed by atoms with van der Waals surface area (Å²) in [4.78, 5) is 10.1. The molecule has 0 fully saturated rings. The highest BCUT2D eigenvalue weighted by Gasteiger charge is 2.61. The normalized spacial score (nSPS) is 16.7. The number of hydrogen-bond donors (Lipinski definition) is 1. The van der Waals surface area contributed by atoms with E-state index in [1.807, 2.05) is 0 Å². The summed E-state index contributed by atoms with van der Waals surface area (Å²) in [6, 6.07) is 0. The first kappa shape index (κ1) is 12.2. The smallest absolute Gasteiger partial charge is 0.433 e. The summed E-state index contributed by atoms with van der Waals surface area (Å²) in [6.07, 6.45) is -6.16. The standard InChI is InChI=1S/C7H10F4O2/c1-2-3-4-6(8,5(12)13)7(9,10)11/h2-4H2,1H3,(H,12,13)/t6-/m1/s1. The molecule has 0 amide bonds. The summed E-state index contributed by atoms with van der Waals surface area (Å²) < 4.78 is 48.7. The Balaban J connectivity index is 4.64. The molecule has 0 aliphatic heterocycles. The Labute approximate surface area is 72.5 Å². The fourth-order valence-corrected chi connectivity index (χ4v) is 0.790. The molecular weight excluding hydrogens is 192 g/mol. The van der Waals surface area contributed by atoms with Crippen LogP contribution in [0.1, 0.15) is 26.2 Å². The Morgan fingerprint density at radius 1 is 1.31 bits per heavy atom. The fraction of sp³-hybridized carbons (Fsp3) is 0.857. The Kier molecular flexibility index (Phi) is 3.69. The Morgan fingerprint density at radius 3 is 2.00 bits per heavy atom. The van der Waals surface area contributed by atoms with Gasteiger partial charge in [0, 0.05) is 6.42 Å². The summed E-state index contributed by atoms with van der Waals surface area (Å²) in [5.74, 6) is -2.46. The second-order valence-electron chi connectivity index (χ2n) is 2.71. The Hall–Kier alpha value is -0.810. The van der Waals surface area contributed by atoms with Crippen LogP contribution in [0, 0.1) is 0 Å². The minimum Gasteiger partial charge on any atom is -0.479 e. The molecule has 0 rings (SSSR count). The first-order valence-electron chi connectivity index (χ1n) is 3.74. The summed E-state index contributed by atoms with van der Waals surface area (Å²) in [5.41, 5.74) is -4.09. The highest BCUT2D eigenvalue weighted by atomic mass is 19.4. The van der Waals surface area contributed by atoms with E-state index < -0.39 is 24.2 Å². The molecule has 0 saturated heterocycles. The lowest BCUT2D eigenvalue weighted by molar-refractivity contribution is -0.238. The number of carbonyl (C=O) groups is 1. The molecule has 78 valence electrons. The molecule has 1 N–H and O–H groups in total. The summed E-state index contributed by atoms with van der Waals surface area (Å²) in [7, 11) is 0. The number of alkyl halides is 4. The van der Waals surface area contributed by atoms with Gasteiger partial charge in [-0.05, 0) is 6.42 Å². The molecule has 0 aliphatic rings. The minimum atomic E-state index is -5.34. The van der Waals surface area contributed by atoms with Crippen molar-refractivity contribution in [3.8, 4) is 0 Å². The molecule has 0 radical (unpaired) electrons. The van der Waals surface area contributed by atoms with Crippen LogP contribution in [0.5, 0.6) is 0 Å². The highest BCUT2D eigenvalue weighted by Crippen LogP contribution is 2.38. The average Bonchev–Trinajstić information content (AvgIpc) is 1.97. The van der Waals surface area contributed by atoms with Crippen LogP contribution in [-0.2, 0) is 4.79 Å². The van der Waals surface area contributed by atoms with Gasteiger partial charge >= 0.3 is 17.8 Å². The zero-order valence-corrected chi connectivity index (χ0v) is 6.99. The highest BCUT2D eigenvalue weighted by molar-refractivity contribution is 5.78. The molecule has 0 aromatic heterocycles. The minimum absolute atomic E-state index is 0.109. The van der Waals surface area contributed by atoms with Crippen LogP contribution < -0.4 is 0 Å². The van der Waals surface area contributed by atoms with E-state index in [0.717, 1.165) is 0 Å². The summed E-state index contributed by atoms with van der Waals surface area (Å²) in [5, 5.41) is 8.10. The van der Waals surface area contributed by atoms with Crippen molar-refractivity contribution in [2.75, 3.05) is 0 Å². The second-order valence-corrected chi connectivity index (χ2v) is 2.71. The SMILES string of the molecule is CCCC[C@@](F)(C(=O)O)C(F)(F)F. The number of hydrogen-bond acceptors (Lipinski definition) is 1. The van der Waals surface area contributed by atoms with E-state index in [4.69, 9.17) is 5.11 Å². The maximum absolute atomic E-state index is 12.9. The maximum atomic E-state index is 12.9. The molecule has 0 heterocycles. The quantitative estimate of drug-likeness (QED) is 0.711. The van der Waals surface area contributed by atoms with Crippen molar-refractivity contribution in [1.82, 2.24) is 0 Å². The molecule has 2 nitrogen and oxygen atoms in total. The number of carboxylic acid groups (broad SMARTS) is 1. The lowest BCUT2D eigenvalue weighted by atomic mass is 9.98. The molecule has 0 saturated carbocycles. The van der Waals surface area contributed by atoms with Gasteiger partial charge in [0.2, 0.25) is 0 Å². The number of unbranched alkanes of at least 4 members (excludes halogenated alkanes) is 1. The molecule has 0 aromatic carbocycles. The van der Waals surface area contributed by atoms with Crippen LogP contribution in [0.2, 0.25) is 0 Å². The van der Waals surface area contributed by atoms with Crippen molar-refractivity contribution in [3.05, 3.63) is 0 Å². The van der Waals surface area contributed by atoms with Gasteiger partial charge < -0.3 is 5.11 Å². The van der Waals surface area contributed by atoms with Crippen LogP contribution in [-0.4, -0.2) is 22.9 Å². The van der Waals surface area contributed by atoms with Gasteiger partial charge in [-0.3, -0.25) is 0 Å². The Bertz CT molecular complexity index is 189. The van der Waals surface area contributed by atoms with Crippen molar-refractivity contribution >= 4 is 5.97 Å². The van der Waals surface area contributed by atoms with Crippen LogP contribution in [0.25, 0.3) is 0 Å². The lowest BCUT2D eigenvalue weighted by Crippen LogP contribution is -2.48. The van der Waals surface area contributed by atoms with E-state index in [1.54, 1.807) is 6.92 Å². The van der Waals surface area contributed by atoms with Gasteiger partial charge in [0.1, 0.15) is 0 Å². The summed E-state index contributed by atoms with van der Waals surface area (Å²) >= 11 is 0. The van der Waals surface area contributed by atoms with E-state index >= 15 is 0 Å². The second kappa shape index (κ2) is 3.93. The topological polar surface area (TPSA) is 37.3 Å². The number of carboxylic acids is 1. The largest absolute Gasteiger partial charge is 0.479 e. The van der Waals surface area contributed by atoms with E-state index in [1.165, 1.54) is 0 Å². The van der Waals surface area contributed by atoms with Gasteiger partial charge in [-0.1, -0.05) is 13.3 Å². The monoisotopic (exact) mass is 202 g/mol. The Morgan fingerprint density at radius 2 is 1.77 bits per heavy atom. The average molecular weight is 202 g/mol. The fourth-order valence-electron chi connectivity index (χ4n) is 0.790. The van der Waals surface area contributed by atoms with Gasteiger partial charge in [-0.25, -0.2) is 9.18 Å². The van der Waals surface area contributed by atoms with Crippen LogP contribution in [0.15, 0.2) is 0 Å². The molecule has 0 aliphatic carbocycles. The third kappa shape index (κ3) is 2.57. The van der Waals surface area contributed by atoms with Crippen LogP contribution in [0.3, 0.4) is 0 Å². The molecule has 0 spiro atoms. The molecular formula is C7H10F4O2. The maximum Gasteiger partial charge on any atom is 0.433 e. The molecule has 1 atom stereocenters. The van der Waals surface area contributed by atoms with E-state index in [0.29, 0.717) is 6.42 Å². The molecule has 0 bridgehead atoms. The van der Waals surface area contributed by atoms with Crippen molar-refractivity contribution < 1.29 is 27.5 Å². The zero-order chi connectivity index (χ0) is 10.7. The van der Waals surface area contributed by atoms with Gasteiger partial charge in [-0.2, -0.15) is 13.2 Å².